The highest BCUT2D eigenvalue weighted by molar-refractivity contribution is 5.95. The minimum absolute atomic E-state index is 0.306. The first-order valence-corrected chi connectivity index (χ1v) is 8.96. The van der Waals surface area contributed by atoms with Gasteiger partial charge in [-0.2, -0.15) is 0 Å². The lowest BCUT2D eigenvalue weighted by Crippen LogP contribution is -2.11. The zero-order valence-electron chi connectivity index (χ0n) is 14.8. The molecule has 0 bridgehead atoms. The summed E-state index contributed by atoms with van der Waals surface area (Å²) in [5.74, 6) is 1.64. The topological polar surface area (TPSA) is 31.4 Å². The molecule has 1 aliphatic rings. The number of hydrogen-bond acceptors (Lipinski definition) is 3. The van der Waals surface area contributed by atoms with Gasteiger partial charge in [-0.05, 0) is 68.0 Å². The smallest absolute Gasteiger partial charge is 0.162 e. The number of nitrogens with zero attached hydrogens (tertiary/aromatic N) is 1. The first-order valence-electron chi connectivity index (χ1n) is 8.96. The van der Waals surface area contributed by atoms with Gasteiger partial charge in [-0.25, -0.2) is 0 Å². The molecular formula is C22H23NO2. The van der Waals surface area contributed by atoms with E-state index in [1.54, 1.807) is 7.11 Å². The molecule has 0 unspecified atom stereocenters. The Morgan fingerprint density at radius 2 is 1.76 bits per heavy atom. The molecule has 1 saturated carbocycles. The average Bonchev–Trinajstić information content (AvgIpc) is 3.14. The van der Waals surface area contributed by atoms with Crippen molar-refractivity contribution in [2.45, 2.75) is 38.7 Å². The third kappa shape index (κ3) is 3.19. The van der Waals surface area contributed by atoms with Crippen molar-refractivity contribution in [1.82, 2.24) is 4.98 Å². The molecule has 0 saturated heterocycles. The molecule has 1 fully saturated rings. The van der Waals surface area contributed by atoms with Crippen molar-refractivity contribution in [3.63, 3.8) is 0 Å². The summed E-state index contributed by atoms with van der Waals surface area (Å²) in [4.78, 5) is 4.65. The van der Waals surface area contributed by atoms with Crippen LogP contribution in [0.5, 0.6) is 11.5 Å². The third-order valence-electron chi connectivity index (χ3n) is 4.91. The van der Waals surface area contributed by atoms with Crippen LogP contribution in [-0.2, 0) is 0 Å². The van der Waals surface area contributed by atoms with Crippen LogP contribution in [-0.4, -0.2) is 18.2 Å². The predicted octanol–water partition coefficient (Wildman–Crippen LogP) is 5.54. The number of methoxy groups -OCH3 is 1. The van der Waals surface area contributed by atoms with E-state index in [4.69, 9.17) is 9.47 Å². The van der Waals surface area contributed by atoms with E-state index in [1.807, 2.05) is 19.1 Å². The van der Waals surface area contributed by atoms with Gasteiger partial charge in [0.1, 0.15) is 0 Å². The number of pyridine rings is 1. The van der Waals surface area contributed by atoms with E-state index in [0.717, 1.165) is 46.5 Å². The summed E-state index contributed by atoms with van der Waals surface area (Å²) in [6, 6.07) is 16.6. The number of benzene rings is 2. The number of para-hydroxylation sites is 1. The molecule has 2 aromatic carbocycles. The Hall–Kier alpha value is -2.55. The standard InChI is InChI=1S/C22H23NO2/c1-15-13-19(18-9-5-6-10-20(18)23-15)16-11-12-21(24-2)22(14-16)25-17-7-3-4-8-17/h5-6,9-14,17H,3-4,7-8H2,1-2H3. The van der Waals surface area contributed by atoms with Gasteiger partial charge in [0.05, 0.1) is 18.7 Å². The summed E-state index contributed by atoms with van der Waals surface area (Å²) in [5, 5.41) is 1.16. The highest BCUT2D eigenvalue weighted by Gasteiger charge is 2.19. The average molecular weight is 333 g/mol. The Labute approximate surface area is 148 Å². The van der Waals surface area contributed by atoms with Crippen LogP contribution in [0.4, 0.5) is 0 Å². The minimum atomic E-state index is 0.306. The van der Waals surface area contributed by atoms with E-state index in [1.165, 1.54) is 18.4 Å². The van der Waals surface area contributed by atoms with Crippen molar-refractivity contribution >= 4 is 10.9 Å². The van der Waals surface area contributed by atoms with Gasteiger partial charge >= 0.3 is 0 Å². The van der Waals surface area contributed by atoms with Crippen LogP contribution in [0, 0.1) is 6.92 Å². The lowest BCUT2D eigenvalue weighted by molar-refractivity contribution is 0.201. The molecule has 3 heteroatoms. The van der Waals surface area contributed by atoms with Crippen molar-refractivity contribution in [3.05, 3.63) is 54.2 Å². The van der Waals surface area contributed by atoms with E-state index in [9.17, 15) is 0 Å². The van der Waals surface area contributed by atoms with Crippen molar-refractivity contribution < 1.29 is 9.47 Å². The molecule has 0 aliphatic heterocycles. The Kier molecular flexibility index (Phi) is 4.31. The van der Waals surface area contributed by atoms with E-state index in [0.29, 0.717) is 6.10 Å². The Morgan fingerprint density at radius 3 is 2.56 bits per heavy atom. The van der Waals surface area contributed by atoms with Crippen molar-refractivity contribution in [3.8, 4) is 22.6 Å². The number of ether oxygens (including phenoxy) is 2. The van der Waals surface area contributed by atoms with E-state index >= 15 is 0 Å². The van der Waals surface area contributed by atoms with Crippen LogP contribution in [0.25, 0.3) is 22.0 Å². The quantitative estimate of drug-likeness (QED) is 0.628. The molecule has 0 N–H and O–H groups in total. The fourth-order valence-electron chi connectivity index (χ4n) is 3.67. The van der Waals surface area contributed by atoms with Gasteiger partial charge in [0.15, 0.2) is 11.5 Å². The highest BCUT2D eigenvalue weighted by atomic mass is 16.5. The third-order valence-corrected chi connectivity index (χ3v) is 4.91. The fraction of sp³-hybridized carbons (Fsp3) is 0.318. The maximum absolute atomic E-state index is 6.26. The largest absolute Gasteiger partial charge is 0.493 e. The zero-order valence-corrected chi connectivity index (χ0v) is 14.8. The van der Waals surface area contributed by atoms with Crippen molar-refractivity contribution in [2.24, 2.45) is 0 Å². The second kappa shape index (κ2) is 6.75. The number of fused-ring (bicyclic) bond motifs is 1. The van der Waals surface area contributed by atoms with Crippen molar-refractivity contribution in [1.29, 1.82) is 0 Å². The van der Waals surface area contributed by atoms with Crippen LogP contribution in [0.15, 0.2) is 48.5 Å². The molecule has 1 heterocycles. The normalized spacial score (nSPS) is 14.8. The maximum atomic E-state index is 6.26. The summed E-state index contributed by atoms with van der Waals surface area (Å²) >= 11 is 0. The fourth-order valence-corrected chi connectivity index (χ4v) is 3.67. The lowest BCUT2D eigenvalue weighted by Gasteiger charge is -2.17. The van der Waals surface area contributed by atoms with E-state index in [2.05, 4.69) is 41.4 Å². The monoisotopic (exact) mass is 333 g/mol. The molecule has 1 aromatic heterocycles. The molecule has 3 aromatic rings. The SMILES string of the molecule is COc1ccc(-c2cc(C)nc3ccccc23)cc1OC1CCCC1. The van der Waals surface area contributed by atoms with Gasteiger partial charge in [0.2, 0.25) is 0 Å². The van der Waals surface area contributed by atoms with Crippen LogP contribution < -0.4 is 9.47 Å². The van der Waals surface area contributed by atoms with E-state index < -0.39 is 0 Å². The summed E-state index contributed by atoms with van der Waals surface area (Å²) in [6.45, 7) is 2.04. The molecule has 0 spiro atoms. The molecular weight excluding hydrogens is 310 g/mol. The molecule has 0 radical (unpaired) electrons. The maximum Gasteiger partial charge on any atom is 0.162 e. The second-order valence-corrected chi connectivity index (χ2v) is 6.72. The Morgan fingerprint density at radius 1 is 0.960 bits per heavy atom. The van der Waals surface area contributed by atoms with Gasteiger partial charge in [0, 0.05) is 11.1 Å². The highest BCUT2D eigenvalue weighted by Crippen LogP contribution is 2.37. The molecule has 128 valence electrons. The molecule has 4 rings (SSSR count). The Balaban J connectivity index is 1.80. The van der Waals surface area contributed by atoms with Gasteiger partial charge in [0.25, 0.3) is 0 Å². The first kappa shape index (κ1) is 15.9. The zero-order chi connectivity index (χ0) is 17.2. The number of aromatic nitrogens is 1. The summed E-state index contributed by atoms with van der Waals surface area (Å²) < 4.78 is 11.8. The van der Waals surface area contributed by atoms with E-state index in [-0.39, 0.29) is 0 Å². The van der Waals surface area contributed by atoms with Gasteiger partial charge in [-0.1, -0.05) is 24.3 Å². The van der Waals surface area contributed by atoms with Crippen molar-refractivity contribution in [2.75, 3.05) is 7.11 Å². The second-order valence-electron chi connectivity index (χ2n) is 6.72. The first-order chi connectivity index (χ1) is 12.2. The summed E-state index contributed by atoms with van der Waals surface area (Å²) in [7, 11) is 1.70. The number of rotatable bonds is 4. The summed E-state index contributed by atoms with van der Waals surface area (Å²) in [5.41, 5.74) is 4.35. The van der Waals surface area contributed by atoms with Crippen LogP contribution in [0.1, 0.15) is 31.4 Å². The molecule has 3 nitrogen and oxygen atoms in total. The van der Waals surface area contributed by atoms with Crippen LogP contribution in [0.3, 0.4) is 0 Å². The number of hydrogen-bond donors (Lipinski definition) is 0. The summed E-state index contributed by atoms with van der Waals surface area (Å²) in [6.07, 6.45) is 5.07. The molecule has 25 heavy (non-hydrogen) atoms. The lowest BCUT2D eigenvalue weighted by atomic mass is 10.00. The molecule has 1 aliphatic carbocycles. The van der Waals surface area contributed by atoms with Crippen LogP contribution >= 0.6 is 0 Å². The Bertz CT molecular complexity index is 898. The van der Waals surface area contributed by atoms with Gasteiger partial charge < -0.3 is 9.47 Å². The predicted molar refractivity (Wildman–Crippen MR) is 101 cm³/mol. The number of aryl methyl sites for hydroxylation is 1. The minimum Gasteiger partial charge on any atom is -0.493 e. The molecule has 0 atom stereocenters. The van der Waals surface area contributed by atoms with Gasteiger partial charge in [-0.15, -0.1) is 0 Å². The van der Waals surface area contributed by atoms with Crippen LogP contribution in [0.2, 0.25) is 0 Å². The molecule has 0 amide bonds. The van der Waals surface area contributed by atoms with Gasteiger partial charge in [-0.3, -0.25) is 4.98 Å².